The van der Waals surface area contributed by atoms with Crippen LogP contribution in [0.15, 0.2) is 0 Å². The number of carbonyl (C=O) groups is 1. The number of hydrogen-bond donors (Lipinski definition) is 1. The van der Waals surface area contributed by atoms with E-state index in [-0.39, 0.29) is 12.0 Å². The predicted octanol–water partition coefficient (Wildman–Crippen LogP) is 1.48. The van der Waals surface area contributed by atoms with Crippen molar-refractivity contribution in [3.05, 3.63) is 0 Å². The Morgan fingerprint density at radius 3 is 2.50 bits per heavy atom. The molecule has 20 heavy (non-hydrogen) atoms. The molecule has 1 amide bonds. The van der Waals surface area contributed by atoms with Crippen LogP contribution in [-0.4, -0.2) is 60.1 Å². The number of rotatable bonds is 1. The fraction of sp³-hybridized carbons (Fsp3) is 0.938. The van der Waals surface area contributed by atoms with Gasteiger partial charge < -0.3 is 14.9 Å². The van der Waals surface area contributed by atoms with Crippen molar-refractivity contribution in [2.24, 2.45) is 11.3 Å². The lowest BCUT2D eigenvalue weighted by Gasteiger charge is -2.42. The van der Waals surface area contributed by atoms with Crippen molar-refractivity contribution in [1.82, 2.24) is 9.80 Å². The Labute approximate surface area is 122 Å². The van der Waals surface area contributed by atoms with Crippen LogP contribution in [0.1, 0.15) is 44.9 Å². The predicted molar refractivity (Wildman–Crippen MR) is 78.3 cm³/mol. The fourth-order valence-corrected chi connectivity index (χ4v) is 4.47. The van der Waals surface area contributed by atoms with Crippen LogP contribution < -0.4 is 0 Å². The third kappa shape index (κ3) is 2.86. The lowest BCUT2D eigenvalue weighted by Crippen LogP contribution is -2.49. The van der Waals surface area contributed by atoms with Crippen molar-refractivity contribution in [2.75, 3.05) is 33.2 Å². The van der Waals surface area contributed by atoms with E-state index in [1.54, 1.807) is 0 Å². The minimum absolute atomic E-state index is 0.171. The SMILES string of the molecule is CN1CC[C@]2(CCCN(C(=O)C3CCC(O)CC3)C2)C1. The van der Waals surface area contributed by atoms with E-state index >= 15 is 0 Å². The van der Waals surface area contributed by atoms with Crippen LogP contribution in [0.5, 0.6) is 0 Å². The molecule has 0 radical (unpaired) electrons. The second kappa shape index (κ2) is 5.64. The molecule has 1 spiro atoms. The van der Waals surface area contributed by atoms with Crippen molar-refractivity contribution >= 4 is 5.91 Å². The number of aliphatic hydroxyl groups is 1. The average molecular weight is 280 g/mol. The average Bonchev–Trinajstić information content (AvgIpc) is 2.79. The topological polar surface area (TPSA) is 43.8 Å². The number of hydrogen-bond acceptors (Lipinski definition) is 3. The zero-order chi connectivity index (χ0) is 14.2. The summed E-state index contributed by atoms with van der Waals surface area (Å²) >= 11 is 0. The Hall–Kier alpha value is -0.610. The molecule has 1 atom stereocenters. The minimum atomic E-state index is -0.171. The van der Waals surface area contributed by atoms with Crippen molar-refractivity contribution in [2.45, 2.75) is 51.0 Å². The molecule has 2 heterocycles. The Morgan fingerprint density at radius 1 is 1.10 bits per heavy atom. The molecule has 4 nitrogen and oxygen atoms in total. The number of piperidine rings is 1. The van der Waals surface area contributed by atoms with Crippen LogP contribution >= 0.6 is 0 Å². The van der Waals surface area contributed by atoms with Gasteiger partial charge in [0, 0.05) is 31.0 Å². The van der Waals surface area contributed by atoms with E-state index in [0.29, 0.717) is 11.3 Å². The molecule has 0 unspecified atom stereocenters. The molecule has 3 aliphatic rings. The van der Waals surface area contributed by atoms with Crippen LogP contribution in [0.4, 0.5) is 0 Å². The van der Waals surface area contributed by atoms with Gasteiger partial charge in [-0.3, -0.25) is 4.79 Å². The van der Waals surface area contributed by atoms with E-state index in [2.05, 4.69) is 16.8 Å². The summed E-state index contributed by atoms with van der Waals surface area (Å²) in [6.45, 7) is 4.25. The molecule has 2 aliphatic heterocycles. The molecule has 0 aromatic carbocycles. The summed E-state index contributed by atoms with van der Waals surface area (Å²) in [6, 6.07) is 0. The molecule has 114 valence electrons. The summed E-state index contributed by atoms with van der Waals surface area (Å²) < 4.78 is 0. The van der Waals surface area contributed by atoms with Gasteiger partial charge in [0.15, 0.2) is 0 Å². The molecule has 0 aromatic heterocycles. The van der Waals surface area contributed by atoms with E-state index in [4.69, 9.17) is 0 Å². The van der Waals surface area contributed by atoms with Crippen molar-refractivity contribution in [3.63, 3.8) is 0 Å². The molecule has 2 saturated heterocycles. The van der Waals surface area contributed by atoms with Crippen LogP contribution in [0.3, 0.4) is 0 Å². The third-order valence-electron chi connectivity index (χ3n) is 5.65. The van der Waals surface area contributed by atoms with E-state index in [0.717, 1.165) is 51.7 Å². The quantitative estimate of drug-likeness (QED) is 0.791. The molecule has 1 N–H and O–H groups in total. The number of nitrogens with zero attached hydrogens (tertiary/aromatic N) is 2. The molecule has 1 aliphatic carbocycles. The molecule has 0 bridgehead atoms. The van der Waals surface area contributed by atoms with Gasteiger partial charge in [-0.05, 0) is 58.5 Å². The van der Waals surface area contributed by atoms with Crippen molar-refractivity contribution in [1.29, 1.82) is 0 Å². The standard InChI is InChI=1S/C16H28N2O2/c1-17-10-8-16(11-17)7-2-9-18(12-16)15(20)13-3-5-14(19)6-4-13/h13-14,19H,2-12H2,1H3/t13?,14?,16-/m1/s1. The summed E-state index contributed by atoms with van der Waals surface area (Å²) in [6.07, 6.45) is 6.88. The third-order valence-corrected chi connectivity index (χ3v) is 5.65. The Morgan fingerprint density at radius 2 is 1.85 bits per heavy atom. The second-order valence-electron chi connectivity index (χ2n) is 7.36. The van der Waals surface area contributed by atoms with E-state index in [1.165, 1.54) is 19.4 Å². The normalized spacial score (nSPS) is 39.4. The van der Waals surface area contributed by atoms with Crippen LogP contribution in [-0.2, 0) is 4.79 Å². The maximum atomic E-state index is 12.7. The summed E-state index contributed by atoms with van der Waals surface area (Å²) in [7, 11) is 2.19. The lowest BCUT2D eigenvalue weighted by molar-refractivity contribution is -0.140. The van der Waals surface area contributed by atoms with Crippen molar-refractivity contribution < 1.29 is 9.90 Å². The highest BCUT2D eigenvalue weighted by molar-refractivity contribution is 5.79. The number of amides is 1. The van der Waals surface area contributed by atoms with Gasteiger partial charge in [0.05, 0.1) is 6.10 Å². The van der Waals surface area contributed by atoms with Gasteiger partial charge >= 0.3 is 0 Å². The van der Waals surface area contributed by atoms with E-state index in [9.17, 15) is 9.90 Å². The molecule has 4 heteroatoms. The Kier molecular flexibility index (Phi) is 4.04. The van der Waals surface area contributed by atoms with Gasteiger partial charge in [-0.15, -0.1) is 0 Å². The lowest BCUT2D eigenvalue weighted by atomic mass is 9.78. The van der Waals surface area contributed by atoms with Gasteiger partial charge in [-0.2, -0.15) is 0 Å². The summed E-state index contributed by atoms with van der Waals surface area (Å²) in [4.78, 5) is 17.3. The largest absolute Gasteiger partial charge is 0.393 e. The smallest absolute Gasteiger partial charge is 0.225 e. The monoisotopic (exact) mass is 280 g/mol. The number of likely N-dealkylation sites (tertiary alicyclic amines) is 2. The molecular weight excluding hydrogens is 252 g/mol. The first-order valence-corrected chi connectivity index (χ1v) is 8.23. The fourth-order valence-electron chi connectivity index (χ4n) is 4.47. The molecule has 3 rings (SSSR count). The molecule has 0 aromatic rings. The maximum absolute atomic E-state index is 12.7. The summed E-state index contributed by atoms with van der Waals surface area (Å²) in [5.74, 6) is 0.540. The Balaban J connectivity index is 1.60. The first kappa shape index (κ1) is 14.3. The van der Waals surface area contributed by atoms with Gasteiger partial charge in [-0.1, -0.05) is 0 Å². The Bertz CT molecular complexity index is 361. The van der Waals surface area contributed by atoms with Gasteiger partial charge in [0.1, 0.15) is 0 Å². The van der Waals surface area contributed by atoms with Crippen LogP contribution in [0.2, 0.25) is 0 Å². The highest BCUT2D eigenvalue weighted by Gasteiger charge is 2.42. The number of carbonyl (C=O) groups excluding carboxylic acids is 1. The van der Waals surface area contributed by atoms with Crippen molar-refractivity contribution in [3.8, 4) is 0 Å². The molecule has 1 saturated carbocycles. The first-order chi connectivity index (χ1) is 9.58. The summed E-state index contributed by atoms with van der Waals surface area (Å²) in [5, 5.41) is 9.59. The molecule has 3 fully saturated rings. The summed E-state index contributed by atoms with van der Waals surface area (Å²) in [5.41, 5.74) is 0.372. The maximum Gasteiger partial charge on any atom is 0.225 e. The van der Waals surface area contributed by atoms with Gasteiger partial charge in [-0.25, -0.2) is 0 Å². The molecular formula is C16H28N2O2. The van der Waals surface area contributed by atoms with Crippen LogP contribution in [0, 0.1) is 11.3 Å². The first-order valence-electron chi connectivity index (χ1n) is 8.23. The highest BCUT2D eigenvalue weighted by atomic mass is 16.3. The van der Waals surface area contributed by atoms with Crippen LogP contribution in [0.25, 0.3) is 0 Å². The van der Waals surface area contributed by atoms with E-state index in [1.807, 2.05) is 0 Å². The van der Waals surface area contributed by atoms with Gasteiger partial charge in [0.2, 0.25) is 5.91 Å². The minimum Gasteiger partial charge on any atom is -0.393 e. The zero-order valence-electron chi connectivity index (χ0n) is 12.7. The van der Waals surface area contributed by atoms with Gasteiger partial charge in [0.25, 0.3) is 0 Å². The second-order valence-corrected chi connectivity index (χ2v) is 7.36. The number of aliphatic hydroxyl groups excluding tert-OH is 1. The zero-order valence-corrected chi connectivity index (χ0v) is 12.7. The van der Waals surface area contributed by atoms with E-state index < -0.39 is 0 Å². The highest BCUT2D eigenvalue weighted by Crippen LogP contribution is 2.39.